The molecule has 2 aromatic rings. The van der Waals surface area contributed by atoms with Crippen molar-refractivity contribution in [2.24, 2.45) is 5.41 Å². The molecule has 0 radical (unpaired) electrons. The zero-order valence-electron chi connectivity index (χ0n) is 12.8. The van der Waals surface area contributed by atoms with E-state index in [0.717, 1.165) is 22.8 Å². The van der Waals surface area contributed by atoms with Crippen LogP contribution >= 0.6 is 15.9 Å². The molecule has 1 aliphatic heterocycles. The van der Waals surface area contributed by atoms with Crippen LogP contribution in [0.4, 0.5) is 5.82 Å². The first-order chi connectivity index (χ1) is 10.9. The molecule has 3 rings (SSSR count). The highest BCUT2D eigenvalue weighted by atomic mass is 79.9. The number of fused-ring (bicyclic) bond motifs is 1. The Labute approximate surface area is 143 Å². The first-order valence-electron chi connectivity index (χ1n) is 7.36. The lowest BCUT2D eigenvalue weighted by molar-refractivity contribution is 0.0315. The summed E-state index contributed by atoms with van der Waals surface area (Å²) in [7, 11) is -3.07. The van der Waals surface area contributed by atoms with Gasteiger partial charge >= 0.3 is 0 Å². The zero-order chi connectivity index (χ0) is 16.5. The quantitative estimate of drug-likeness (QED) is 0.819. The van der Waals surface area contributed by atoms with E-state index in [4.69, 9.17) is 4.74 Å². The predicted molar refractivity (Wildman–Crippen MR) is 91.4 cm³/mol. The fourth-order valence-corrected chi connectivity index (χ4v) is 5.01. The Hall–Kier alpha value is -1.19. The fraction of sp³-hybridized carbons (Fsp3) is 0.571. The number of aromatic nitrogens is 3. The Morgan fingerprint density at radius 3 is 2.87 bits per heavy atom. The number of rotatable bonds is 5. The molecule has 0 bridgehead atoms. The van der Waals surface area contributed by atoms with Crippen LogP contribution in [0.25, 0.3) is 5.52 Å². The molecule has 1 saturated heterocycles. The minimum atomic E-state index is -3.07. The number of anilines is 1. The number of halogens is 1. The van der Waals surface area contributed by atoms with Crippen molar-refractivity contribution in [3.05, 3.63) is 23.1 Å². The minimum absolute atomic E-state index is 0.153. The summed E-state index contributed by atoms with van der Waals surface area (Å²) in [5.74, 6) is 0.844. The van der Waals surface area contributed by atoms with Crippen LogP contribution in [0.2, 0.25) is 0 Å². The van der Waals surface area contributed by atoms with Crippen LogP contribution in [0.1, 0.15) is 12.8 Å². The molecule has 0 atom stereocenters. The van der Waals surface area contributed by atoms with Crippen LogP contribution in [0.15, 0.2) is 23.1 Å². The second kappa shape index (κ2) is 6.37. The van der Waals surface area contributed by atoms with Gasteiger partial charge in [-0.1, -0.05) is 0 Å². The van der Waals surface area contributed by atoms with E-state index in [1.165, 1.54) is 6.26 Å². The van der Waals surface area contributed by atoms with Gasteiger partial charge < -0.3 is 10.1 Å². The summed E-state index contributed by atoms with van der Waals surface area (Å²) in [6, 6.07) is 0. The molecule has 0 aliphatic carbocycles. The maximum absolute atomic E-state index is 11.8. The van der Waals surface area contributed by atoms with E-state index in [-0.39, 0.29) is 11.2 Å². The summed E-state index contributed by atoms with van der Waals surface area (Å²) in [6.45, 7) is 1.71. The third-order valence-electron chi connectivity index (χ3n) is 4.14. The maximum atomic E-state index is 11.8. The average molecular weight is 403 g/mol. The molecule has 0 aromatic carbocycles. The Balaban J connectivity index is 1.84. The molecule has 0 saturated carbocycles. The van der Waals surface area contributed by atoms with Crippen molar-refractivity contribution >= 4 is 37.1 Å². The van der Waals surface area contributed by atoms with E-state index in [2.05, 4.69) is 31.3 Å². The van der Waals surface area contributed by atoms with Crippen molar-refractivity contribution < 1.29 is 13.2 Å². The standard InChI is InChI=1S/C14H19BrN4O3S/c1-23(20,21)10-14(2-6-22-7-3-14)9-17-13-12-11(15)8-18-19(12)5-4-16-13/h4-5,8H,2-3,6-7,9-10H2,1H3,(H,16,17). The first-order valence-corrected chi connectivity index (χ1v) is 10.2. The lowest BCUT2D eigenvalue weighted by Crippen LogP contribution is -2.41. The SMILES string of the molecule is CS(=O)(=O)CC1(CNc2nccn3ncc(Br)c23)CCOCC1. The van der Waals surface area contributed by atoms with Crippen molar-refractivity contribution in [3.63, 3.8) is 0 Å². The van der Waals surface area contributed by atoms with E-state index in [0.29, 0.717) is 25.6 Å². The van der Waals surface area contributed by atoms with E-state index >= 15 is 0 Å². The van der Waals surface area contributed by atoms with Crippen molar-refractivity contribution in [2.45, 2.75) is 12.8 Å². The second-order valence-corrected chi connectivity index (χ2v) is 9.09. The lowest BCUT2D eigenvalue weighted by Gasteiger charge is -2.36. The van der Waals surface area contributed by atoms with Gasteiger partial charge in [-0.3, -0.25) is 0 Å². The molecule has 0 spiro atoms. The summed E-state index contributed by atoms with van der Waals surface area (Å²) >= 11 is 3.47. The van der Waals surface area contributed by atoms with E-state index in [9.17, 15) is 8.42 Å². The van der Waals surface area contributed by atoms with Crippen LogP contribution in [-0.4, -0.2) is 54.8 Å². The van der Waals surface area contributed by atoms with Crippen molar-refractivity contribution in [1.82, 2.24) is 14.6 Å². The summed E-state index contributed by atoms with van der Waals surface area (Å²) in [5.41, 5.74) is 0.515. The Morgan fingerprint density at radius 1 is 1.43 bits per heavy atom. The van der Waals surface area contributed by atoms with Gasteiger partial charge in [-0.05, 0) is 28.8 Å². The molecule has 126 valence electrons. The second-order valence-electron chi connectivity index (χ2n) is 6.10. The smallest absolute Gasteiger partial charge is 0.153 e. The lowest BCUT2D eigenvalue weighted by atomic mass is 9.82. The number of hydrogen-bond donors (Lipinski definition) is 1. The van der Waals surface area contributed by atoms with Crippen LogP contribution in [0.3, 0.4) is 0 Å². The van der Waals surface area contributed by atoms with Gasteiger partial charge in [-0.15, -0.1) is 0 Å². The van der Waals surface area contributed by atoms with Gasteiger partial charge in [0.1, 0.15) is 15.4 Å². The number of ether oxygens (including phenoxy) is 1. The van der Waals surface area contributed by atoms with Crippen molar-refractivity contribution in [2.75, 3.05) is 37.1 Å². The zero-order valence-corrected chi connectivity index (χ0v) is 15.2. The third-order valence-corrected chi connectivity index (χ3v) is 5.86. The summed E-state index contributed by atoms with van der Waals surface area (Å²) in [5, 5.41) is 7.55. The number of hydrogen-bond acceptors (Lipinski definition) is 6. The first kappa shape index (κ1) is 16.7. The third kappa shape index (κ3) is 3.84. The van der Waals surface area contributed by atoms with Crippen LogP contribution < -0.4 is 5.32 Å². The molecule has 7 nitrogen and oxygen atoms in total. The van der Waals surface area contributed by atoms with Gasteiger partial charge in [0.2, 0.25) is 0 Å². The fourth-order valence-electron chi connectivity index (χ4n) is 3.04. The molecule has 1 fully saturated rings. The Morgan fingerprint density at radius 2 is 2.17 bits per heavy atom. The largest absolute Gasteiger partial charge is 0.381 e. The summed E-state index contributed by atoms with van der Waals surface area (Å²) in [6.07, 6.45) is 7.88. The summed E-state index contributed by atoms with van der Waals surface area (Å²) < 4.78 is 31.7. The molecule has 0 unspecified atom stereocenters. The molecule has 23 heavy (non-hydrogen) atoms. The molecular weight excluding hydrogens is 384 g/mol. The van der Waals surface area contributed by atoms with Crippen LogP contribution in [-0.2, 0) is 14.6 Å². The maximum Gasteiger partial charge on any atom is 0.153 e. The summed E-state index contributed by atoms with van der Waals surface area (Å²) in [4.78, 5) is 4.37. The molecule has 1 N–H and O–H groups in total. The highest BCUT2D eigenvalue weighted by Crippen LogP contribution is 2.33. The van der Waals surface area contributed by atoms with E-state index in [1.54, 1.807) is 23.1 Å². The normalized spacial score (nSPS) is 18.2. The average Bonchev–Trinajstić information content (AvgIpc) is 2.87. The monoisotopic (exact) mass is 402 g/mol. The number of nitrogens with one attached hydrogen (secondary N) is 1. The Kier molecular flexibility index (Phi) is 4.61. The van der Waals surface area contributed by atoms with Crippen molar-refractivity contribution in [3.8, 4) is 0 Å². The van der Waals surface area contributed by atoms with Gasteiger partial charge in [0.05, 0.1) is 16.4 Å². The number of sulfone groups is 1. The molecular formula is C14H19BrN4O3S. The highest BCUT2D eigenvalue weighted by molar-refractivity contribution is 9.10. The molecule has 3 heterocycles. The van der Waals surface area contributed by atoms with Crippen LogP contribution in [0, 0.1) is 5.41 Å². The van der Waals surface area contributed by atoms with Gasteiger partial charge in [-0.2, -0.15) is 5.10 Å². The molecule has 9 heteroatoms. The van der Waals surface area contributed by atoms with Gasteiger partial charge in [-0.25, -0.2) is 17.9 Å². The molecule has 0 amide bonds. The molecule has 2 aromatic heterocycles. The highest BCUT2D eigenvalue weighted by Gasteiger charge is 2.36. The van der Waals surface area contributed by atoms with Gasteiger partial charge in [0.15, 0.2) is 5.82 Å². The van der Waals surface area contributed by atoms with Gasteiger partial charge in [0.25, 0.3) is 0 Å². The topological polar surface area (TPSA) is 85.6 Å². The van der Waals surface area contributed by atoms with E-state index in [1.807, 2.05) is 0 Å². The molecule has 1 aliphatic rings. The van der Waals surface area contributed by atoms with Gasteiger partial charge in [0, 0.05) is 43.8 Å². The van der Waals surface area contributed by atoms with Crippen LogP contribution in [0.5, 0.6) is 0 Å². The van der Waals surface area contributed by atoms with Crippen molar-refractivity contribution in [1.29, 1.82) is 0 Å². The van der Waals surface area contributed by atoms with E-state index < -0.39 is 9.84 Å². The predicted octanol–water partition coefficient (Wildman–Crippen LogP) is 1.75. The number of nitrogens with zero attached hydrogens (tertiary/aromatic N) is 3. The minimum Gasteiger partial charge on any atom is -0.381 e. The Bertz CT molecular complexity index is 799.